The second-order valence-corrected chi connectivity index (χ2v) is 10.1. The van der Waals surface area contributed by atoms with Crippen molar-refractivity contribution in [3.63, 3.8) is 0 Å². The third kappa shape index (κ3) is 6.42. The van der Waals surface area contributed by atoms with Crippen molar-refractivity contribution >= 4 is 23.4 Å². The molecule has 2 aliphatic rings. The smallest absolute Gasteiger partial charge is 0.336 e. The maximum absolute atomic E-state index is 13.4. The van der Waals surface area contributed by atoms with Gasteiger partial charge in [0.2, 0.25) is 0 Å². The second-order valence-electron chi connectivity index (χ2n) is 10.1. The highest BCUT2D eigenvalue weighted by Gasteiger charge is 2.39. The first-order valence-electron chi connectivity index (χ1n) is 13.4. The number of piperazine rings is 1. The first kappa shape index (κ1) is 29.0. The summed E-state index contributed by atoms with van der Waals surface area (Å²) in [4.78, 5) is 43.4. The van der Waals surface area contributed by atoms with Crippen molar-refractivity contribution in [3.05, 3.63) is 76.4 Å². The molecule has 210 valence electrons. The van der Waals surface area contributed by atoms with Crippen LogP contribution in [0.5, 0.6) is 0 Å². The average Bonchev–Trinajstić information content (AvgIpc) is 3.17. The molecule has 40 heavy (non-hydrogen) atoms. The van der Waals surface area contributed by atoms with Gasteiger partial charge in [-0.3, -0.25) is 19.3 Å². The Balaban J connectivity index is 1.21. The highest BCUT2D eigenvalue weighted by molar-refractivity contribution is 6.32. The van der Waals surface area contributed by atoms with Gasteiger partial charge >= 0.3 is 6.18 Å². The average molecular weight is 553 g/mol. The van der Waals surface area contributed by atoms with Crippen LogP contribution in [0.2, 0.25) is 0 Å². The first-order valence-corrected chi connectivity index (χ1v) is 13.4. The molecule has 2 aromatic rings. The van der Waals surface area contributed by atoms with Crippen LogP contribution in [0.1, 0.15) is 60.5 Å². The summed E-state index contributed by atoms with van der Waals surface area (Å²) in [7, 11) is 0. The van der Waals surface area contributed by atoms with Crippen molar-refractivity contribution in [2.24, 2.45) is 0 Å². The quantitative estimate of drug-likeness (QED) is 0.316. The number of rotatable bonds is 9. The van der Waals surface area contributed by atoms with E-state index in [9.17, 15) is 27.6 Å². The standard InChI is InChI=1S/C30H31F3N4O3/c1-21-25(29(40)37(27(21)38)24-13-12-23(20-34)26(19-24)30(31,32)33)11-7-2-3-8-14-35-15-17-36(18-16-35)28(39)22-9-5-4-6-10-22/h4-6,9-10,12-13,19H,2-3,7-8,11,14-18H2,1H3. The normalized spacial score (nSPS) is 16.6. The van der Waals surface area contributed by atoms with Gasteiger partial charge in [-0.2, -0.15) is 18.4 Å². The molecule has 0 unspecified atom stereocenters. The summed E-state index contributed by atoms with van der Waals surface area (Å²) in [5, 5.41) is 9.01. The van der Waals surface area contributed by atoms with Gasteiger partial charge in [0, 0.05) is 42.9 Å². The van der Waals surface area contributed by atoms with Crippen LogP contribution in [0.15, 0.2) is 59.7 Å². The van der Waals surface area contributed by atoms with Gasteiger partial charge in [0.15, 0.2) is 0 Å². The fraction of sp³-hybridized carbons (Fsp3) is 0.400. The molecule has 2 aromatic carbocycles. The minimum atomic E-state index is -4.79. The number of amides is 3. The number of halogens is 3. The second kappa shape index (κ2) is 12.5. The Kier molecular flexibility index (Phi) is 9.05. The number of hydrogen-bond acceptors (Lipinski definition) is 5. The summed E-state index contributed by atoms with van der Waals surface area (Å²) < 4.78 is 40.1. The van der Waals surface area contributed by atoms with Crippen LogP contribution < -0.4 is 4.90 Å². The van der Waals surface area contributed by atoms with E-state index in [0.717, 1.165) is 49.9 Å². The largest absolute Gasteiger partial charge is 0.417 e. The lowest BCUT2D eigenvalue weighted by Crippen LogP contribution is -2.48. The van der Waals surface area contributed by atoms with Crippen LogP contribution in [0.3, 0.4) is 0 Å². The summed E-state index contributed by atoms with van der Waals surface area (Å²) in [6.07, 6.45) is -0.984. The van der Waals surface area contributed by atoms with E-state index >= 15 is 0 Å². The molecule has 10 heteroatoms. The first-order chi connectivity index (χ1) is 19.1. The monoisotopic (exact) mass is 552 g/mol. The lowest BCUT2D eigenvalue weighted by Gasteiger charge is -2.34. The van der Waals surface area contributed by atoms with Gasteiger partial charge in [0.25, 0.3) is 17.7 Å². The van der Waals surface area contributed by atoms with Gasteiger partial charge < -0.3 is 4.90 Å². The fourth-order valence-electron chi connectivity index (χ4n) is 5.15. The molecular formula is C30H31F3N4O3. The van der Waals surface area contributed by atoms with E-state index in [0.29, 0.717) is 43.1 Å². The Morgan fingerprint density at radius 3 is 2.25 bits per heavy atom. The van der Waals surface area contributed by atoms with E-state index in [1.165, 1.54) is 19.1 Å². The van der Waals surface area contributed by atoms with E-state index in [4.69, 9.17) is 5.26 Å². The molecular weight excluding hydrogens is 521 g/mol. The van der Waals surface area contributed by atoms with Crippen molar-refractivity contribution in [2.75, 3.05) is 37.6 Å². The molecule has 3 amide bonds. The van der Waals surface area contributed by atoms with Gasteiger partial charge in [0.1, 0.15) is 0 Å². The molecule has 7 nitrogen and oxygen atoms in total. The van der Waals surface area contributed by atoms with Crippen LogP contribution in [-0.2, 0) is 15.8 Å². The Morgan fingerprint density at radius 2 is 1.60 bits per heavy atom. The number of carbonyl (C=O) groups excluding carboxylic acids is 3. The van der Waals surface area contributed by atoms with E-state index in [2.05, 4.69) is 4.90 Å². The van der Waals surface area contributed by atoms with Crippen LogP contribution in [-0.4, -0.2) is 60.2 Å². The van der Waals surface area contributed by atoms with Gasteiger partial charge in [-0.25, -0.2) is 4.90 Å². The Bertz CT molecular complexity index is 1340. The summed E-state index contributed by atoms with van der Waals surface area (Å²) in [6, 6.07) is 13.6. The number of nitrogens with zero attached hydrogens (tertiary/aromatic N) is 4. The Labute approximate surface area is 231 Å². The van der Waals surface area contributed by atoms with Crippen molar-refractivity contribution < 1.29 is 27.6 Å². The SMILES string of the molecule is CC1=C(CCCCCCN2CCN(C(=O)c3ccccc3)CC2)C(=O)N(c2ccc(C#N)c(C(F)(F)F)c2)C1=O. The number of benzene rings is 2. The Hall–Kier alpha value is -3.97. The van der Waals surface area contributed by atoms with Gasteiger partial charge in [0.05, 0.1) is 22.9 Å². The molecule has 4 rings (SSSR count). The molecule has 2 heterocycles. The van der Waals surface area contributed by atoms with Crippen molar-refractivity contribution in [3.8, 4) is 6.07 Å². The molecule has 0 aromatic heterocycles. The number of alkyl halides is 3. The predicted molar refractivity (Wildman–Crippen MR) is 143 cm³/mol. The lowest BCUT2D eigenvalue weighted by atomic mass is 10.0. The van der Waals surface area contributed by atoms with Gasteiger partial charge in [-0.1, -0.05) is 31.0 Å². The highest BCUT2D eigenvalue weighted by atomic mass is 19.4. The van der Waals surface area contributed by atoms with Crippen molar-refractivity contribution in [2.45, 2.75) is 45.2 Å². The minimum Gasteiger partial charge on any atom is -0.336 e. The number of carbonyl (C=O) groups is 3. The summed E-state index contributed by atoms with van der Waals surface area (Å²) >= 11 is 0. The molecule has 0 atom stereocenters. The summed E-state index contributed by atoms with van der Waals surface area (Å²) in [6.45, 7) is 5.46. The highest BCUT2D eigenvalue weighted by Crippen LogP contribution is 2.37. The minimum absolute atomic E-state index is 0.0586. The number of hydrogen-bond donors (Lipinski definition) is 0. The maximum Gasteiger partial charge on any atom is 0.417 e. The van der Waals surface area contributed by atoms with Crippen LogP contribution in [0.4, 0.5) is 18.9 Å². The van der Waals surface area contributed by atoms with Crippen molar-refractivity contribution in [1.82, 2.24) is 9.80 Å². The van der Waals surface area contributed by atoms with Crippen LogP contribution in [0.25, 0.3) is 0 Å². The lowest BCUT2D eigenvalue weighted by molar-refractivity contribution is -0.138. The zero-order valence-electron chi connectivity index (χ0n) is 22.3. The molecule has 0 radical (unpaired) electrons. The molecule has 1 fully saturated rings. The molecule has 0 spiro atoms. The molecule has 0 N–H and O–H groups in total. The number of imide groups is 1. The number of unbranched alkanes of at least 4 members (excludes halogenated alkanes) is 3. The molecule has 1 saturated heterocycles. The van der Waals surface area contributed by atoms with Gasteiger partial charge in [-0.15, -0.1) is 0 Å². The maximum atomic E-state index is 13.4. The third-order valence-corrected chi connectivity index (χ3v) is 7.46. The molecule has 0 saturated carbocycles. The van der Waals surface area contributed by atoms with Crippen LogP contribution in [0, 0.1) is 11.3 Å². The summed E-state index contributed by atoms with van der Waals surface area (Å²) in [5.41, 5.74) is -0.671. The van der Waals surface area contributed by atoms with Crippen molar-refractivity contribution in [1.29, 1.82) is 5.26 Å². The third-order valence-electron chi connectivity index (χ3n) is 7.46. The number of anilines is 1. The van der Waals surface area contributed by atoms with Crippen LogP contribution >= 0.6 is 0 Å². The predicted octanol–water partition coefficient (Wildman–Crippen LogP) is 5.18. The molecule has 2 aliphatic heterocycles. The van der Waals surface area contributed by atoms with E-state index in [-0.39, 0.29) is 17.2 Å². The van der Waals surface area contributed by atoms with E-state index in [1.54, 1.807) is 0 Å². The number of nitriles is 1. The zero-order chi connectivity index (χ0) is 28.9. The van der Waals surface area contributed by atoms with E-state index in [1.807, 2.05) is 35.2 Å². The van der Waals surface area contributed by atoms with Gasteiger partial charge in [-0.05, 0) is 63.1 Å². The Morgan fingerprint density at radius 1 is 0.925 bits per heavy atom. The molecule has 0 bridgehead atoms. The zero-order valence-corrected chi connectivity index (χ0v) is 22.3. The molecule has 0 aliphatic carbocycles. The summed E-state index contributed by atoms with van der Waals surface area (Å²) in [5.74, 6) is -1.19. The topological polar surface area (TPSA) is 84.7 Å². The van der Waals surface area contributed by atoms with E-state index < -0.39 is 29.1 Å². The fourth-order valence-corrected chi connectivity index (χ4v) is 5.15.